The highest BCUT2D eigenvalue weighted by atomic mass is 32.2. The van der Waals surface area contributed by atoms with E-state index in [9.17, 15) is 8.42 Å². The van der Waals surface area contributed by atoms with Gasteiger partial charge in [0.25, 0.3) is 0 Å². The maximum absolute atomic E-state index is 12.9. The fourth-order valence-corrected chi connectivity index (χ4v) is 5.94. The Hall–Kier alpha value is -2.36. The van der Waals surface area contributed by atoms with E-state index in [1.165, 1.54) is 11.3 Å². The van der Waals surface area contributed by atoms with E-state index in [0.717, 1.165) is 26.7 Å². The summed E-state index contributed by atoms with van der Waals surface area (Å²) < 4.78 is 39.2. The van der Waals surface area contributed by atoms with Gasteiger partial charge >= 0.3 is 0 Å². The summed E-state index contributed by atoms with van der Waals surface area (Å²) in [5, 5.41) is 0.843. The molecule has 1 fully saturated rings. The molecule has 9 heteroatoms. The number of benzene rings is 2. The van der Waals surface area contributed by atoms with Crippen molar-refractivity contribution < 1.29 is 17.9 Å². The first-order valence-corrected chi connectivity index (χ1v) is 11.5. The highest BCUT2D eigenvalue weighted by Gasteiger charge is 2.29. The van der Waals surface area contributed by atoms with Crippen LogP contribution in [0.3, 0.4) is 0 Å². The third kappa shape index (κ3) is 3.65. The topological polar surface area (TPSA) is 72.0 Å². The lowest BCUT2D eigenvalue weighted by Crippen LogP contribution is -2.48. The number of nitrogens with zero attached hydrogens (tertiary/aromatic N) is 3. The number of rotatable bonds is 5. The summed E-state index contributed by atoms with van der Waals surface area (Å²) in [5.74, 6) is 1.45. The van der Waals surface area contributed by atoms with Gasteiger partial charge in [-0.3, -0.25) is 0 Å². The molecule has 2 heterocycles. The Labute approximate surface area is 174 Å². The third-order valence-electron chi connectivity index (χ3n) is 5.07. The first-order valence-electron chi connectivity index (χ1n) is 9.27. The van der Waals surface area contributed by atoms with E-state index in [1.54, 1.807) is 30.7 Å². The maximum atomic E-state index is 12.9. The molecule has 0 atom stereocenters. The lowest BCUT2D eigenvalue weighted by atomic mass is 10.2. The molecule has 0 N–H and O–H groups in total. The number of methoxy groups -OCH3 is 2. The van der Waals surface area contributed by atoms with Crippen molar-refractivity contribution in [3.8, 4) is 11.5 Å². The summed E-state index contributed by atoms with van der Waals surface area (Å²) in [5.41, 5.74) is 1.80. The van der Waals surface area contributed by atoms with E-state index in [0.29, 0.717) is 36.8 Å². The fourth-order valence-electron chi connectivity index (χ4n) is 3.39. The van der Waals surface area contributed by atoms with Crippen LogP contribution in [0.4, 0.5) is 5.13 Å². The van der Waals surface area contributed by atoms with Crippen LogP contribution in [-0.2, 0) is 10.0 Å². The zero-order chi connectivity index (χ0) is 20.6. The van der Waals surface area contributed by atoms with Crippen LogP contribution in [0.25, 0.3) is 10.2 Å². The number of anilines is 1. The molecule has 4 rings (SSSR count). The van der Waals surface area contributed by atoms with Crippen molar-refractivity contribution in [2.24, 2.45) is 0 Å². The maximum Gasteiger partial charge on any atom is 0.243 e. The molecule has 0 radical (unpaired) electrons. The van der Waals surface area contributed by atoms with E-state index in [2.05, 4.69) is 4.90 Å². The van der Waals surface area contributed by atoms with Crippen molar-refractivity contribution in [1.82, 2.24) is 9.29 Å². The fraction of sp³-hybridized carbons (Fsp3) is 0.350. The van der Waals surface area contributed by atoms with Gasteiger partial charge in [-0.15, -0.1) is 0 Å². The van der Waals surface area contributed by atoms with Crippen molar-refractivity contribution in [3.63, 3.8) is 0 Å². The minimum absolute atomic E-state index is 0.339. The molecule has 0 spiro atoms. The first-order chi connectivity index (χ1) is 13.9. The van der Waals surface area contributed by atoms with Crippen molar-refractivity contribution in [2.75, 3.05) is 45.3 Å². The van der Waals surface area contributed by atoms with Crippen LogP contribution in [0.2, 0.25) is 0 Å². The summed E-state index contributed by atoms with van der Waals surface area (Å²) in [4.78, 5) is 7.20. The molecule has 1 aromatic heterocycles. The normalized spacial score (nSPS) is 15.6. The van der Waals surface area contributed by atoms with Gasteiger partial charge in [0.1, 0.15) is 21.7 Å². The van der Waals surface area contributed by atoms with Gasteiger partial charge in [-0.25, -0.2) is 13.4 Å². The molecule has 7 nitrogen and oxygen atoms in total. The Morgan fingerprint density at radius 3 is 2.17 bits per heavy atom. The lowest BCUT2D eigenvalue weighted by Gasteiger charge is -2.33. The van der Waals surface area contributed by atoms with Gasteiger partial charge in [0.15, 0.2) is 5.13 Å². The molecular weight excluding hydrogens is 410 g/mol. The van der Waals surface area contributed by atoms with Gasteiger partial charge in [-0.2, -0.15) is 4.31 Å². The monoisotopic (exact) mass is 433 g/mol. The SMILES string of the molecule is COc1ccc(OC)c2sc(N3CCN(S(=O)(=O)c4ccc(C)cc4)CC3)nc12. The van der Waals surface area contributed by atoms with Crippen molar-refractivity contribution in [1.29, 1.82) is 0 Å². The number of hydrogen-bond donors (Lipinski definition) is 0. The molecule has 29 heavy (non-hydrogen) atoms. The molecule has 0 bridgehead atoms. The Bertz CT molecular complexity index is 1080. The Balaban J connectivity index is 1.55. The van der Waals surface area contributed by atoms with Crippen LogP contribution in [0.1, 0.15) is 5.56 Å². The van der Waals surface area contributed by atoms with Crippen LogP contribution >= 0.6 is 11.3 Å². The average molecular weight is 434 g/mol. The van der Waals surface area contributed by atoms with Crippen molar-refractivity contribution >= 4 is 36.7 Å². The highest BCUT2D eigenvalue weighted by molar-refractivity contribution is 7.89. The molecule has 2 aromatic carbocycles. The zero-order valence-corrected chi connectivity index (χ0v) is 18.2. The van der Waals surface area contributed by atoms with Crippen molar-refractivity contribution in [3.05, 3.63) is 42.0 Å². The van der Waals surface area contributed by atoms with Crippen LogP contribution in [-0.4, -0.2) is 58.1 Å². The predicted octanol–water partition coefficient (Wildman–Crippen LogP) is 3.13. The molecular formula is C20H23N3O4S2. The number of aryl methyl sites for hydroxylation is 1. The number of hydrogen-bond acceptors (Lipinski definition) is 7. The van der Waals surface area contributed by atoms with Crippen LogP contribution in [0, 0.1) is 6.92 Å². The number of thiazole rings is 1. The molecule has 0 aliphatic carbocycles. The van der Waals surface area contributed by atoms with Gasteiger partial charge in [0.2, 0.25) is 10.0 Å². The van der Waals surface area contributed by atoms with Crippen LogP contribution in [0.15, 0.2) is 41.3 Å². The van der Waals surface area contributed by atoms with Gasteiger partial charge in [0.05, 0.1) is 19.1 Å². The second-order valence-corrected chi connectivity index (χ2v) is 9.76. The molecule has 0 unspecified atom stereocenters. The number of sulfonamides is 1. The molecule has 3 aromatic rings. The highest BCUT2D eigenvalue weighted by Crippen LogP contribution is 2.40. The van der Waals surface area contributed by atoms with E-state index in [-0.39, 0.29) is 0 Å². The summed E-state index contributed by atoms with van der Waals surface area (Å²) in [6, 6.07) is 10.7. The quantitative estimate of drug-likeness (QED) is 0.616. The number of aromatic nitrogens is 1. The smallest absolute Gasteiger partial charge is 0.243 e. The average Bonchev–Trinajstić information content (AvgIpc) is 3.19. The van der Waals surface area contributed by atoms with E-state index in [4.69, 9.17) is 14.5 Å². The zero-order valence-electron chi connectivity index (χ0n) is 16.6. The molecule has 1 aliphatic heterocycles. The number of piperazine rings is 1. The van der Waals surface area contributed by atoms with Gasteiger partial charge < -0.3 is 14.4 Å². The van der Waals surface area contributed by atoms with Crippen LogP contribution < -0.4 is 14.4 Å². The van der Waals surface area contributed by atoms with Crippen molar-refractivity contribution in [2.45, 2.75) is 11.8 Å². The van der Waals surface area contributed by atoms with Gasteiger partial charge in [-0.05, 0) is 31.2 Å². The second-order valence-electron chi connectivity index (χ2n) is 6.85. The Kier molecular flexibility index (Phi) is 5.37. The largest absolute Gasteiger partial charge is 0.495 e. The predicted molar refractivity (Wildman–Crippen MR) is 115 cm³/mol. The summed E-state index contributed by atoms with van der Waals surface area (Å²) in [7, 11) is -0.226. The molecule has 0 saturated carbocycles. The number of ether oxygens (including phenoxy) is 2. The third-order valence-corrected chi connectivity index (χ3v) is 8.11. The summed E-state index contributed by atoms with van der Waals surface area (Å²) in [6.45, 7) is 3.93. The lowest BCUT2D eigenvalue weighted by molar-refractivity contribution is 0.384. The minimum atomic E-state index is -3.48. The Morgan fingerprint density at radius 2 is 1.55 bits per heavy atom. The molecule has 1 saturated heterocycles. The molecule has 154 valence electrons. The minimum Gasteiger partial charge on any atom is -0.495 e. The van der Waals surface area contributed by atoms with Crippen LogP contribution in [0.5, 0.6) is 11.5 Å². The van der Waals surface area contributed by atoms with E-state index in [1.807, 2.05) is 31.2 Å². The standard InChI is InChI=1S/C20H23N3O4S2/c1-14-4-6-15(7-5-14)29(24,25)23-12-10-22(11-13-23)20-21-18-16(26-2)8-9-17(27-3)19(18)28-20/h4-9H,10-13H2,1-3H3. The van der Waals surface area contributed by atoms with E-state index >= 15 is 0 Å². The first kappa shape index (κ1) is 19.9. The molecule has 0 amide bonds. The summed E-state index contributed by atoms with van der Waals surface area (Å²) >= 11 is 1.53. The van der Waals surface area contributed by atoms with Gasteiger partial charge in [0, 0.05) is 26.2 Å². The van der Waals surface area contributed by atoms with E-state index < -0.39 is 10.0 Å². The number of fused-ring (bicyclic) bond motifs is 1. The van der Waals surface area contributed by atoms with Gasteiger partial charge in [-0.1, -0.05) is 29.0 Å². The Morgan fingerprint density at radius 1 is 0.931 bits per heavy atom. The second kappa shape index (κ2) is 7.81. The molecule has 1 aliphatic rings. The summed E-state index contributed by atoms with van der Waals surface area (Å²) in [6.07, 6.45) is 0.